The third-order valence-corrected chi connectivity index (χ3v) is 5.80. The Morgan fingerprint density at radius 2 is 1.76 bits per heavy atom. The van der Waals surface area contributed by atoms with Gasteiger partial charge in [-0.2, -0.15) is 5.10 Å². The van der Waals surface area contributed by atoms with Gasteiger partial charge in [0.15, 0.2) is 11.9 Å². The van der Waals surface area contributed by atoms with Gasteiger partial charge in [-0.15, -0.1) is 0 Å². The molecule has 0 radical (unpaired) electrons. The van der Waals surface area contributed by atoms with Gasteiger partial charge in [0.2, 0.25) is 0 Å². The quantitative estimate of drug-likeness (QED) is 0.201. The number of nitro benzene ring substituents is 1. The lowest BCUT2D eigenvalue weighted by molar-refractivity contribution is -0.385. The number of rotatable bonds is 11. The number of hydrogen-bond acceptors (Lipinski definition) is 7. The van der Waals surface area contributed by atoms with Gasteiger partial charge in [0.1, 0.15) is 11.8 Å². The molecule has 0 bridgehead atoms. The Morgan fingerprint density at radius 3 is 2.42 bits per heavy atom. The molecular formula is C26H24Cl2N4O6. The van der Waals surface area contributed by atoms with Crippen molar-refractivity contribution in [3.05, 3.63) is 98.0 Å². The summed E-state index contributed by atoms with van der Waals surface area (Å²) in [6.45, 7) is 1.52. The second-order valence-electron chi connectivity index (χ2n) is 8.01. The van der Waals surface area contributed by atoms with Crippen molar-refractivity contribution in [2.75, 3.05) is 7.11 Å². The maximum absolute atomic E-state index is 13.0. The van der Waals surface area contributed by atoms with Gasteiger partial charge >= 0.3 is 5.69 Å². The predicted octanol–water partition coefficient (Wildman–Crippen LogP) is 4.56. The van der Waals surface area contributed by atoms with Gasteiger partial charge in [-0.25, -0.2) is 5.43 Å². The molecule has 3 rings (SSSR count). The summed E-state index contributed by atoms with van der Waals surface area (Å²) in [5.74, 6) is -0.793. The molecule has 2 N–H and O–H groups in total. The van der Waals surface area contributed by atoms with Crippen molar-refractivity contribution < 1.29 is 24.0 Å². The molecule has 0 spiro atoms. The highest BCUT2D eigenvalue weighted by Gasteiger charge is 2.25. The van der Waals surface area contributed by atoms with Gasteiger partial charge in [-0.3, -0.25) is 19.7 Å². The Bertz CT molecular complexity index is 1340. The van der Waals surface area contributed by atoms with Crippen LogP contribution >= 0.6 is 23.2 Å². The maximum atomic E-state index is 13.0. The number of amides is 2. The summed E-state index contributed by atoms with van der Waals surface area (Å²) >= 11 is 12.0. The van der Waals surface area contributed by atoms with E-state index in [9.17, 15) is 19.7 Å². The molecule has 198 valence electrons. The number of ether oxygens (including phenoxy) is 2. The average molecular weight is 559 g/mol. The lowest BCUT2D eigenvalue weighted by atomic mass is 10.1. The first kappa shape index (κ1) is 28.4. The van der Waals surface area contributed by atoms with E-state index in [2.05, 4.69) is 15.8 Å². The number of carbonyl (C=O) groups is 2. The molecule has 0 saturated carbocycles. The minimum absolute atomic E-state index is 0.0954. The van der Waals surface area contributed by atoms with Crippen molar-refractivity contribution in [1.29, 1.82) is 0 Å². The topological polar surface area (TPSA) is 132 Å². The van der Waals surface area contributed by atoms with Crippen molar-refractivity contribution >= 4 is 46.9 Å². The molecule has 0 aliphatic carbocycles. The zero-order valence-electron chi connectivity index (χ0n) is 20.4. The van der Waals surface area contributed by atoms with Gasteiger partial charge in [-0.05, 0) is 42.8 Å². The molecule has 12 heteroatoms. The number of hydrazone groups is 1. The summed E-state index contributed by atoms with van der Waals surface area (Å²) in [6.07, 6.45) is 0.444. The highest BCUT2D eigenvalue weighted by molar-refractivity contribution is 6.35. The van der Waals surface area contributed by atoms with Gasteiger partial charge in [-0.1, -0.05) is 53.5 Å². The van der Waals surface area contributed by atoms with E-state index >= 15 is 0 Å². The third-order valence-electron chi connectivity index (χ3n) is 5.27. The molecule has 3 aromatic rings. The Balaban J connectivity index is 1.71. The van der Waals surface area contributed by atoms with E-state index in [0.717, 1.165) is 5.56 Å². The number of benzene rings is 3. The Labute approximate surface area is 228 Å². The normalized spacial score (nSPS) is 12.4. The first-order valence-corrected chi connectivity index (χ1v) is 12.0. The van der Waals surface area contributed by atoms with Crippen LogP contribution in [0.15, 0.2) is 71.8 Å². The third kappa shape index (κ3) is 7.92. The molecular weight excluding hydrogens is 535 g/mol. The van der Waals surface area contributed by atoms with E-state index < -0.39 is 28.9 Å². The molecule has 10 nitrogen and oxygen atoms in total. The molecule has 0 aliphatic rings. The minimum atomic E-state index is -1.00. The van der Waals surface area contributed by atoms with Crippen molar-refractivity contribution in [2.45, 2.75) is 25.5 Å². The predicted molar refractivity (Wildman–Crippen MR) is 144 cm³/mol. The van der Waals surface area contributed by atoms with Crippen LogP contribution in [0.3, 0.4) is 0 Å². The van der Waals surface area contributed by atoms with E-state index in [4.69, 9.17) is 32.7 Å². The Hall–Kier alpha value is -4.15. The van der Waals surface area contributed by atoms with Crippen molar-refractivity contribution in [3.63, 3.8) is 0 Å². The molecule has 3 aromatic carbocycles. The highest BCUT2D eigenvalue weighted by Crippen LogP contribution is 2.28. The van der Waals surface area contributed by atoms with Crippen molar-refractivity contribution in [1.82, 2.24) is 10.7 Å². The summed E-state index contributed by atoms with van der Waals surface area (Å²) < 4.78 is 10.6. The highest BCUT2D eigenvalue weighted by atomic mass is 35.5. The fourth-order valence-electron chi connectivity index (χ4n) is 3.34. The number of nitrogens with one attached hydrogen (secondary N) is 2. The van der Waals surface area contributed by atoms with Gasteiger partial charge < -0.3 is 14.8 Å². The summed E-state index contributed by atoms with van der Waals surface area (Å²) in [5.41, 5.74) is 3.30. The lowest BCUT2D eigenvalue weighted by Gasteiger charge is -2.21. The molecule has 0 aliphatic heterocycles. The average Bonchev–Trinajstić information content (AvgIpc) is 2.90. The van der Waals surface area contributed by atoms with Gasteiger partial charge in [0.25, 0.3) is 11.8 Å². The van der Waals surface area contributed by atoms with Crippen molar-refractivity contribution in [2.24, 2.45) is 5.10 Å². The number of halogens is 2. The molecule has 0 fully saturated rings. The molecule has 0 unspecified atom stereocenters. The van der Waals surface area contributed by atoms with Crippen LogP contribution in [0.5, 0.6) is 11.5 Å². The van der Waals surface area contributed by atoms with Crippen molar-refractivity contribution in [3.8, 4) is 11.5 Å². The zero-order valence-corrected chi connectivity index (χ0v) is 21.9. The second kappa shape index (κ2) is 13.4. The summed E-state index contributed by atoms with van der Waals surface area (Å²) in [7, 11) is 1.33. The van der Waals surface area contributed by atoms with E-state index in [1.807, 2.05) is 30.3 Å². The molecule has 0 aromatic heterocycles. The molecule has 38 heavy (non-hydrogen) atoms. The first-order valence-electron chi connectivity index (χ1n) is 11.3. The van der Waals surface area contributed by atoms with E-state index in [0.29, 0.717) is 10.6 Å². The molecule has 0 heterocycles. The summed E-state index contributed by atoms with van der Waals surface area (Å²) in [5, 5.41) is 18.5. The fraction of sp³-hybridized carbons (Fsp3) is 0.192. The van der Waals surface area contributed by atoms with Crippen LogP contribution in [0, 0.1) is 10.1 Å². The Morgan fingerprint density at radius 1 is 1.05 bits per heavy atom. The van der Waals surface area contributed by atoms with Crippen LogP contribution in [-0.2, 0) is 16.0 Å². The fourth-order valence-corrected chi connectivity index (χ4v) is 3.79. The monoisotopic (exact) mass is 558 g/mol. The summed E-state index contributed by atoms with van der Waals surface area (Å²) in [4.78, 5) is 36.5. The number of methoxy groups -OCH3 is 1. The standard InChI is InChI=1S/C26H24Cl2N4O6/c1-16(38-23-11-9-19(27)14-20(23)28)25(33)30-21(12-17-6-4-3-5-7-17)26(34)31-29-15-18-8-10-24(37-2)22(13-18)32(35)36/h3-11,13-16,21H,12H2,1-2H3,(H,30,33)(H,31,34)/b29-15-/t16-,21+/m0/s1. The summed E-state index contributed by atoms with van der Waals surface area (Å²) in [6, 6.07) is 16.9. The van der Waals surface area contributed by atoms with Crippen LogP contribution in [0.4, 0.5) is 5.69 Å². The minimum Gasteiger partial charge on any atom is -0.490 e. The van der Waals surface area contributed by atoms with Crippen LogP contribution in [0.1, 0.15) is 18.1 Å². The number of hydrogen-bond donors (Lipinski definition) is 2. The SMILES string of the molecule is COc1ccc(/C=N\NC(=O)[C@@H](Cc2ccccc2)NC(=O)[C@H](C)Oc2ccc(Cl)cc2Cl)cc1[N+](=O)[O-]. The number of carbonyl (C=O) groups excluding carboxylic acids is 2. The first-order chi connectivity index (χ1) is 18.2. The zero-order chi connectivity index (χ0) is 27.7. The Kier molecular flexibility index (Phi) is 10.0. The van der Waals surface area contributed by atoms with E-state index in [1.54, 1.807) is 18.2 Å². The smallest absolute Gasteiger partial charge is 0.311 e. The van der Waals surface area contributed by atoms with Gasteiger partial charge in [0, 0.05) is 23.1 Å². The second-order valence-corrected chi connectivity index (χ2v) is 8.85. The molecule has 0 saturated heterocycles. The van der Waals surface area contributed by atoms with E-state index in [1.165, 1.54) is 38.4 Å². The number of nitrogens with zero attached hydrogens (tertiary/aromatic N) is 2. The van der Waals surface area contributed by atoms with E-state index in [-0.39, 0.29) is 28.6 Å². The number of nitro groups is 1. The largest absolute Gasteiger partial charge is 0.490 e. The van der Waals surface area contributed by atoms with Crippen LogP contribution in [0.2, 0.25) is 10.0 Å². The van der Waals surface area contributed by atoms with Gasteiger partial charge in [0.05, 0.1) is 23.3 Å². The molecule has 2 atom stereocenters. The van der Waals surface area contributed by atoms with Crippen LogP contribution in [0.25, 0.3) is 0 Å². The maximum Gasteiger partial charge on any atom is 0.311 e. The molecule has 2 amide bonds. The lowest BCUT2D eigenvalue weighted by Crippen LogP contribution is -2.50. The van der Waals surface area contributed by atoms with Crippen LogP contribution in [-0.4, -0.2) is 42.2 Å². The van der Waals surface area contributed by atoms with Crippen LogP contribution < -0.4 is 20.2 Å².